The van der Waals surface area contributed by atoms with Crippen molar-refractivity contribution in [3.63, 3.8) is 0 Å². The van der Waals surface area contributed by atoms with Crippen LogP contribution in [0.5, 0.6) is 0 Å². The summed E-state index contributed by atoms with van der Waals surface area (Å²) in [4.78, 5) is 12.1. The second kappa shape index (κ2) is 4.49. The first-order valence-electron chi connectivity index (χ1n) is 6.14. The summed E-state index contributed by atoms with van der Waals surface area (Å²) < 4.78 is 0. The lowest BCUT2D eigenvalue weighted by atomic mass is 9.92. The van der Waals surface area contributed by atoms with Crippen LogP contribution in [0.3, 0.4) is 0 Å². The Hall–Kier alpha value is -1.35. The first-order valence-corrected chi connectivity index (χ1v) is 6.14. The van der Waals surface area contributed by atoms with Gasteiger partial charge in [-0.05, 0) is 30.7 Å². The highest BCUT2D eigenvalue weighted by Crippen LogP contribution is 2.36. The molecule has 0 radical (unpaired) electrons. The summed E-state index contributed by atoms with van der Waals surface area (Å²) in [6.07, 6.45) is 1.22. The average molecular weight is 232 g/mol. The van der Waals surface area contributed by atoms with Crippen LogP contribution < -0.4 is 11.1 Å². The normalized spacial score (nSPS) is 26.1. The van der Waals surface area contributed by atoms with Gasteiger partial charge in [0.25, 0.3) is 0 Å². The predicted molar refractivity (Wildman–Crippen MR) is 68.3 cm³/mol. The van der Waals surface area contributed by atoms with E-state index >= 15 is 0 Å². The lowest BCUT2D eigenvalue weighted by Gasteiger charge is -2.24. The van der Waals surface area contributed by atoms with Gasteiger partial charge in [0.15, 0.2) is 0 Å². The van der Waals surface area contributed by atoms with Gasteiger partial charge in [-0.25, -0.2) is 0 Å². The molecule has 1 saturated carbocycles. The zero-order valence-electron chi connectivity index (χ0n) is 10.4. The Bertz CT molecular complexity index is 400. The van der Waals surface area contributed by atoms with Gasteiger partial charge in [-0.1, -0.05) is 37.3 Å². The quantitative estimate of drug-likeness (QED) is 0.829. The molecular weight excluding hydrogens is 212 g/mol. The number of nitrogens with two attached hydrogens (primary N) is 1. The Morgan fingerprint density at radius 3 is 2.59 bits per heavy atom. The van der Waals surface area contributed by atoms with Crippen LogP contribution >= 0.6 is 0 Å². The second-order valence-corrected chi connectivity index (χ2v) is 5.25. The molecule has 1 amide bonds. The molecule has 0 spiro atoms. The highest BCUT2D eigenvalue weighted by Gasteiger charge is 2.35. The van der Waals surface area contributed by atoms with Gasteiger partial charge in [0.2, 0.25) is 5.91 Å². The summed E-state index contributed by atoms with van der Waals surface area (Å²) in [5.41, 5.74) is 6.01. The Labute approximate surface area is 102 Å². The second-order valence-electron chi connectivity index (χ2n) is 5.25. The van der Waals surface area contributed by atoms with Crippen molar-refractivity contribution in [1.29, 1.82) is 0 Å². The lowest BCUT2D eigenvalue weighted by molar-refractivity contribution is -0.126. The summed E-state index contributed by atoms with van der Waals surface area (Å²) in [5.74, 6) is 1.30. The van der Waals surface area contributed by atoms with Crippen LogP contribution in [-0.4, -0.2) is 12.5 Å². The highest BCUT2D eigenvalue weighted by atomic mass is 16.2. The van der Waals surface area contributed by atoms with E-state index in [1.54, 1.807) is 6.92 Å². The van der Waals surface area contributed by atoms with Crippen LogP contribution in [0.15, 0.2) is 30.3 Å². The van der Waals surface area contributed by atoms with Crippen molar-refractivity contribution < 1.29 is 4.79 Å². The largest absolute Gasteiger partial charge is 0.354 e. The van der Waals surface area contributed by atoms with E-state index in [4.69, 9.17) is 5.73 Å². The zero-order valence-corrected chi connectivity index (χ0v) is 10.4. The van der Waals surface area contributed by atoms with E-state index in [9.17, 15) is 4.79 Å². The summed E-state index contributed by atoms with van der Waals surface area (Å²) in [5, 5.41) is 2.95. The summed E-state index contributed by atoms with van der Waals surface area (Å²) in [6.45, 7) is 4.71. The molecule has 17 heavy (non-hydrogen) atoms. The molecule has 0 bridgehead atoms. The molecule has 0 aliphatic heterocycles. The fourth-order valence-electron chi connectivity index (χ4n) is 2.01. The molecule has 3 atom stereocenters. The molecule has 3 nitrogen and oxygen atoms in total. The van der Waals surface area contributed by atoms with Gasteiger partial charge in [0, 0.05) is 6.54 Å². The van der Waals surface area contributed by atoms with E-state index in [1.807, 2.05) is 30.3 Å². The molecule has 1 aromatic carbocycles. The van der Waals surface area contributed by atoms with E-state index in [0.29, 0.717) is 5.92 Å². The number of rotatable bonds is 4. The third-order valence-corrected chi connectivity index (χ3v) is 3.65. The number of hydrogen-bond donors (Lipinski definition) is 2. The van der Waals surface area contributed by atoms with Crippen molar-refractivity contribution in [3.05, 3.63) is 35.9 Å². The van der Waals surface area contributed by atoms with Gasteiger partial charge in [0.1, 0.15) is 5.54 Å². The van der Waals surface area contributed by atoms with Crippen molar-refractivity contribution in [2.75, 3.05) is 6.54 Å². The number of nitrogens with one attached hydrogen (secondary N) is 1. The molecule has 0 saturated heterocycles. The highest BCUT2D eigenvalue weighted by molar-refractivity contribution is 5.86. The van der Waals surface area contributed by atoms with Gasteiger partial charge in [0.05, 0.1) is 0 Å². The Balaban J connectivity index is 1.97. The molecule has 1 aromatic rings. The van der Waals surface area contributed by atoms with Crippen LogP contribution in [0.25, 0.3) is 0 Å². The molecule has 1 aliphatic rings. The molecule has 0 aromatic heterocycles. The predicted octanol–water partition coefficient (Wildman–Crippen LogP) is 1.63. The van der Waals surface area contributed by atoms with E-state index in [1.165, 1.54) is 6.42 Å². The van der Waals surface area contributed by atoms with Crippen molar-refractivity contribution in [3.8, 4) is 0 Å². The van der Waals surface area contributed by atoms with Crippen LogP contribution in [0.2, 0.25) is 0 Å². The third kappa shape index (κ3) is 2.67. The van der Waals surface area contributed by atoms with Gasteiger partial charge in [-0.2, -0.15) is 0 Å². The maximum atomic E-state index is 12.1. The molecular formula is C14H20N2O. The molecule has 0 heterocycles. The maximum Gasteiger partial charge on any atom is 0.244 e. The molecule has 92 valence electrons. The van der Waals surface area contributed by atoms with E-state index in [0.717, 1.165) is 18.0 Å². The van der Waals surface area contributed by atoms with Crippen molar-refractivity contribution in [2.24, 2.45) is 17.6 Å². The van der Waals surface area contributed by atoms with E-state index in [-0.39, 0.29) is 5.91 Å². The Kier molecular flexibility index (Phi) is 3.20. The number of carbonyl (C=O) groups excluding carboxylic acids is 1. The SMILES string of the molecule is CC1CC1CNC(=O)C(C)(N)c1ccccc1. The van der Waals surface area contributed by atoms with Crippen LogP contribution in [0.4, 0.5) is 0 Å². The summed E-state index contributed by atoms with van der Waals surface area (Å²) >= 11 is 0. The lowest BCUT2D eigenvalue weighted by Crippen LogP contribution is -2.49. The van der Waals surface area contributed by atoms with Gasteiger partial charge in [-0.3, -0.25) is 4.79 Å². The monoisotopic (exact) mass is 232 g/mol. The van der Waals surface area contributed by atoms with Crippen molar-refractivity contribution in [2.45, 2.75) is 25.8 Å². The fourth-order valence-corrected chi connectivity index (χ4v) is 2.01. The Morgan fingerprint density at radius 1 is 1.47 bits per heavy atom. The number of carbonyl (C=O) groups is 1. The standard InChI is InChI=1S/C14H20N2O/c1-10-8-11(10)9-16-13(17)14(2,15)12-6-4-3-5-7-12/h3-7,10-11H,8-9,15H2,1-2H3,(H,16,17). The van der Waals surface area contributed by atoms with Crippen LogP contribution in [0, 0.1) is 11.8 Å². The van der Waals surface area contributed by atoms with Gasteiger partial charge >= 0.3 is 0 Å². The maximum absolute atomic E-state index is 12.1. The first kappa shape index (κ1) is 12.1. The van der Waals surface area contributed by atoms with Crippen molar-refractivity contribution in [1.82, 2.24) is 5.32 Å². The smallest absolute Gasteiger partial charge is 0.244 e. The molecule has 1 fully saturated rings. The minimum atomic E-state index is -0.945. The van der Waals surface area contributed by atoms with Crippen LogP contribution in [0.1, 0.15) is 25.8 Å². The fraction of sp³-hybridized carbons (Fsp3) is 0.500. The summed E-state index contributed by atoms with van der Waals surface area (Å²) in [7, 11) is 0. The van der Waals surface area contributed by atoms with E-state index in [2.05, 4.69) is 12.2 Å². The first-order chi connectivity index (χ1) is 8.01. The number of benzene rings is 1. The minimum Gasteiger partial charge on any atom is -0.354 e. The zero-order chi connectivity index (χ0) is 12.5. The number of hydrogen-bond acceptors (Lipinski definition) is 2. The Morgan fingerprint density at radius 2 is 2.06 bits per heavy atom. The van der Waals surface area contributed by atoms with Crippen molar-refractivity contribution >= 4 is 5.91 Å². The molecule has 3 N–H and O–H groups in total. The average Bonchev–Trinajstić information content (AvgIpc) is 3.03. The minimum absolute atomic E-state index is 0.0946. The molecule has 1 aliphatic carbocycles. The topological polar surface area (TPSA) is 55.1 Å². The van der Waals surface area contributed by atoms with Crippen LogP contribution in [-0.2, 0) is 10.3 Å². The van der Waals surface area contributed by atoms with E-state index < -0.39 is 5.54 Å². The molecule has 3 unspecified atom stereocenters. The molecule has 2 rings (SSSR count). The van der Waals surface area contributed by atoms with Gasteiger partial charge < -0.3 is 11.1 Å². The summed E-state index contributed by atoms with van der Waals surface area (Å²) in [6, 6.07) is 9.50. The number of amides is 1. The van der Waals surface area contributed by atoms with Gasteiger partial charge in [-0.15, -0.1) is 0 Å². The third-order valence-electron chi connectivity index (χ3n) is 3.65. The molecule has 3 heteroatoms.